The van der Waals surface area contributed by atoms with Crippen molar-refractivity contribution in [1.82, 2.24) is 0 Å². The van der Waals surface area contributed by atoms with Crippen molar-refractivity contribution in [1.29, 1.82) is 0 Å². The Kier molecular flexibility index (Phi) is 2.36. The van der Waals surface area contributed by atoms with E-state index in [2.05, 4.69) is 11.1 Å². The third-order valence-corrected chi connectivity index (χ3v) is 2.69. The van der Waals surface area contributed by atoms with Crippen LogP contribution in [0.15, 0.2) is 35.3 Å². The van der Waals surface area contributed by atoms with Crippen molar-refractivity contribution in [3.63, 3.8) is 0 Å². The zero-order valence-corrected chi connectivity index (χ0v) is 8.74. The Morgan fingerprint density at radius 1 is 1.20 bits per heavy atom. The van der Waals surface area contributed by atoms with Crippen LogP contribution < -0.4 is 0 Å². The number of rotatable bonds is 1. The van der Waals surface area contributed by atoms with Gasteiger partial charge in [0.05, 0.1) is 5.69 Å². The molecule has 15 heavy (non-hydrogen) atoms. The number of aliphatic imine (C=N–C) groups is 1. The first kappa shape index (κ1) is 9.63. The van der Waals surface area contributed by atoms with Gasteiger partial charge in [0.25, 0.3) is 0 Å². The molecule has 2 aromatic rings. The maximum absolute atomic E-state index is 10.4. The van der Waals surface area contributed by atoms with Crippen LogP contribution in [0.2, 0.25) is 0 Å². The molecule has 0 saturated carbocycles. The number of isocyanates is 1. The molecule has 0 radical (unpaired) electrons. The van der Waals surface area contributed by atoms with E-state index in [4.69, 9.17) is 0 Å². The van der Waals surface area contributed by atoms with Crippen LogP contribution in [0.4, 0.5) is 5.69 Å². The summed E-state index contributed by atoms with van der Waals surface area (Å²) in [7, 11) is 0. The summed E-state index contributed by atoms with van der Waals surface area (Å²) in [4.78, 5) is 14.2. The predicted octanol–water partition coefficient (Wildman–Crippen LogP) is 3.42. The van der Waals surface area contributed by atoms with E-state index < -0.39 is 0 Å². The highest BCUT2D eigenvalue weighted by Crippen LogP contribution is 2.31. The molecule has 0 aliphatic heterocycles. The van der Waals surface area contributed by atoms with Crippen molar-refractivity contribution in [2.24, 2.45) is 4.99 Å². The van der Waals surface area contributed by atoms with Gasteiger partial charge in [-0.15, -0.1) is 0 Å². The van der Waals surface area contributed by atoms with Crippen molar-refractivity contribution in [2.75, 3.05) is 0 Å². The van der Waals surface area contributed by atoms with E-state index >= 15 is 0 Å². The van der Waals surface area contributed by atoms with Crippen LogP contribution in [0.1, 0.15) is 11.1 Å². The van der Waals surface area contributed by atoms with E-state index in [1.807, 2.05) is 38.1 Å². The number of fused-ring (bicyclic) bond motifs is 1. The summed E-state index contributed by atoms with van der Waals surface area (Å²) in [5, 5.41) is 2.11. The van der Waals surface area contributed by atoms with Crippen LogP contribution in [0, 0.1) is 13.8 Å². The molecule has 2 nitrogen and oxygen atoms in total. The highest BCUT2D eigenvalue weighted by molar-refractivity contribution is 5.95. The lowest BCUT2D eigenvalue weighted by molar-refractivity contribution is 0.565. The molecule has 0 bridgehead atoms. The van der Waals surface area contributed by atoms with E-state index in [9.17, 15) is 4.79 Å². The van der Waals surface area contributed by atoms with Gasteiger partial charge in [-0.1, -0.05) is 30.3 Å². The van der Waals surface area contributed by atoms with Crippen molar-refractivity contribution in [3.05, 3.63) is 41.5 Å². The molecule has 2 aromatic carbocycles. The molecule has 0 heterocycles. The van der Waals surface area contributed by atoms with E-state index in [1.165, 1.54) is 0 Å². The molecule has 0 saturated heterocycles. The second-order valence-corrected chi connectivity index (χ2v) is 3.59. The van der Waals surface area contributed by atoms with Gasteiger partial charge in [0.1, 0.15) is 0 Å². The molecular formula is C13H11NO. The second-order valence-electron chi connectivity index (χ2n) is 3.59. The molecule has 0 unspecified atom stereocenters. The maximum Gasteiger partial charge on any atom is 0.240 e. The van der Waals surface area contributed by atoms with Crippen molar-refractivity contribution >= 4 is 22.5 Å². The number of hydrogen-bond acceptors (Lipinski definition) is 2. The highest BCUT2D eigenvalue weighted by Gasteiger charge is 2.06. The minimum absolute atomic E-state index is 0.737. The molecule has 2 rings (SSSR count). The monoisotopic (exact) mass is 197 g/mol. The summed E-state index contributed by atoms with van der Waals surface area (Å²) < 4.78 is 0. The first-order valence-electron chi connectivity index (χ1n) is 4.81. The smallest absolute Gasteiger partial charge is 0.211 e. The van der Waals surface area contributed by atoms with Gasteiger partial charge in [-0.2, -0.15) is 4.99 Å². The Balaban J connectivity index is 2.95. The molecule has 0 N–H and O–H groups in total. The fourth-order valence-corrected chi connectivity index (χ4v) is 1.76. The molecular weight excluding hydrogens is 186 g/mol. The number of carbonyl (C=O) groups excluding carboxylic acids is 1. The minimum Gasteiger partial charge on any atom is -0.211 e. The van der Waals surface area contributed by atoms with Crippen molar-refractivity contribution in [3.8, 4) is 0 Å². The lowest BCUT2D eigenvalue weighted by Gasteiger charge is -2.07. The van der Waals surface area contributed by atoms with Crippen molar-refractivity contribution in [2.45, 2.75) is 13.8 Å². The van der Waals surface area contributed by atoms with Crippen LogP contribution >= 0.6 is 0 Å². The molecule has 0 fully saturated rings. The van der Waals surface area contributed by atoms with Gasteiger partial charge in [-0.3, -0.25) is 0 Å². The van der Waals surface area contributed by atoms with Gasteiger partial charge < -0.3 is 0 Å². The number of aryl methyl sites for hydroxylation is 1. The Bertz CT molecular complexity index is 566. The topological polar surface area (TPSA) is 29.4 Å². The quantitative estimate of drug-likeness (QED) is 0.508. The average Bonchev–Trinajstić information content (AvgIpc) is 2.25. The second kappa shape index (κ2) is 3.68. The summed E-state index contributed by atoms with van der Waals surface area (Å²) >= 11 is 0. The Labute approximate surface area is 88.3 Å². The Hall–Kier alpha value is -1.92. The van der Waals surface area contributed by atoms with Crippen LogP contribution in [0.3, 0.4) is 0 Å². The minimum atomic E-state index is 0.737. The van der Waals surface area contributed by atoms with Crippen LogP contribution in [-0.4, -0.2) is 6.08 Å². The average molecular weight is 197 g/mol. The molecule has 74 valence electrons. The first-order chi connectivity index (χ1) is 7.24. The lowest BCUT2D eigenvalue weighted by atomic mass is 10.0. The third-order valence-electron chi connectivity index (χ3n) is 2.69. The molecule has 0 spiro atoms. The van der Waals surface area contributed by atoms with Crippen LogP contribution in [-0.2, 0) is 4.79 Å². The predicted molar refractivity (Wildman–Crippen MR) is 61.2 cm³/mol. The number of benzene rings is 2. The molecule has 0 aliphatic carbocycles. The third kappa shape index (κ3) is 1.56. The summed E-state index contributed by atoms with van der Waals surface area (Å²) in [6.07, 6.45) is 1.62. The normalized spacial score (nSPS) is 10.0. The maximum atomic E-state index is 10.4. The molecule has 0 aliphatic rings. The summed E-state index contributed by atoms with van der Waals surface area (Å²) in [6.45, 7) is 3.99. The zero-order valence-electron chi connectivity index (χ0n) is 8.74. The van der Waals surface area contributed by atoms with Gasteiger partial charge in [0.15, 0.2) is 0 Å². The summed E-state index contributed by atoms with van der Waals surface area (Å²) in [5.41, 5.74) is 2.92. The van der Waals surface area contributed by atoms with Gasteiger partial charge >= 0.3 is 0 Å². The van der Waals surface area contributed by atoms with Gasteiger partial charge in [0.2, 0.25) is 6.08 Å². The van der Waals surface area contributed by atoms with Crippen molar-refractivity contribution < 1.29 is 4.79 Å². The summed E-state index contributed by atoms with van der Waals surface area (Å²) in [6, 6.07) is 10.0. The standard InChI is InChI=1S/C13H11NO/c1-9-7-11-5-3-4-6-12(11)13(10(9)2)14-8-15/h3-7H,1-2H3. The Morgan fingerprint density at radius 3 is 2.67 bits per heavy atom. The number of hydrogen-bond donors (Lipinski definition) is 0. The molecule has 2 heteroatoms. The largest absolute Gasteiger partial charge is 0.240 e. The first-order valence-corrected chi connectivity index (χ1v) is 4.81. The molecule has 0 amide bonds. The summed E-state index contributed by atoms with van der Waals surface area (Å²) in [5.74, 6) is 0. The fraction of sp³-hybridized carbons (Fsp3) is 0.154. The van der Waals surface area contributed by atoms with Gasteiger partial charge in [-0.05, 0) is 30.4 Å². The Morgan fingerprint density at radius 2 is 1.93 bits per heavy atom. The van der Waals surface area contributed by atoms with E-state index in [0.29, 0.717) is 0 Å². The van der Waals surface area contributed by atoms with Gasteiger partial charge in [-0.25, -0.2) is 4.79 Å². The van der Waals surface area contributed by atoms with E-state index in [-0.39, 0.29) is 0 Å². The molecule has 0 aromatic heterocycles. The molecule has 0 atom stereocenters. The van der Waals surface area contributed by atoms with Crippen LogP contribution in [0.5, 0.6) is 0 Å². The van der Waals surface area contributed by atoms with Gasteiger partial charge in [0, 0.05) is 5.39 Å². The fourth-order valence-electron chi connectivity index (χ4n) is 1.76. The lowest BCUT2D eigenvalue weighted by Crippen LogP contribution is -1.84. The van der Waals surface area contributed by atoms with Crippen LogP contribution in [0.25, 0.3) is 10.8 Å². The van der Waals surface area contributed by atoms with E-state index in [0.717, 1.165) is 27.6 Å². The SMILES string of the molecule is Cc1cc2ccccc2c(N=C=O)c1C. The number of nitrogens with zero attached hydrogens (tertiary/aromatic N) is 1. The highest BCUT2D eigenvalue weighted by atomic mass is 16.1. The zero-order chi connectivity index (χ0) is 10.8. The van der Waals surface area contributed by atoms with E-state index in [1.54, 1.807) is 6.08 Å².